The zero-order chi connectivity index (χ0) is 9.23. The fraction of sp³-hybridized carbons (Fsp3) is 0.636. The van der Waals surface area contributed by atoms with Gasteiger partial charge in [0.05, 0.1) is 1.37 Å². The van der Waals surface area contributed by atoms with E-state index in [-0.39, 0.29) is 0 Å². The predicted molar refractivity (Wildman–Crippen MR) is 52.7 cm³/mol. The van der Waals surface area contributed by atoms with E-state index in [9.17, 15) is 0 Å². The Morgan fingerprint density at radius 2 is 2.00 bits per heavy atom. The quantitative estimate of drug-likeness (QED) is 0.382. The Labute approximate surface area is 72.4 Å². The number of hydrogen-bond donors (Lipinski definition) is 0. The molecule has 11 heavy (non-hydrogen) atoms. The summed E-state index contributed by atoms with van der Waals surface area (Å²) in [6.45, 7) is 5.71. The second kappa shape index (κ2) is 9.48. The summed E-state index contributed by atoms with van der Waals surface area (Å²) in [7, 11) is 0. The van der Waals surface area contributed by atoms with Gasteiger partial charge in [0.15, 0.2) is 0 Å². The highest BCUT2D eigenvalue weighted by Gasteiger charge is 1.85. The highest BCUT2D eigenvalue weighted by molar-refractivity contribution is 4.96. The van der Waals surface area contributed by atoms with E-state index in [2.05, 4.69) is 13.5 Å². The first-order valence-corrected chi connectivity index (χ1v) is 4.59. The third kappa shape index (κ3) is 9.48. The van der Waals surface area contributed by atoms with Crippen LogP contribution in [0.2, 0.25) is 0 Å². The van der Waals surface area contributed by atoms with E-state index >= 15 is 0 Å². The fourth-order valence-electron chi connectivity index (χ4n) is 1.03. The Morgan fingerprint density at radius 1 is 1.27 bits per heavy atom. The van der Waals surface area contributed by atoms with Crippen LogP contribution in [0.4, 0.5) is 0 Å². The summed E-state index contributed by atoms with van der Waals surface area (Å²) in [6, 6.07) is 0.406. The lowest BCUT2D eigenvalue weighted by atomic mass is 10.1. The number of hydrogen-bond acceptors (Lipinski definition) is 0. The summed E-state index contributed by atoms with van der Waals surface area (Å²) in [4.78, 5) is 0. The molecule has 0 atom stereocenters. The smallest absolute Gasteiger partial charge is 0.0616 e. The lowest BCUT2D eigenvalue weighted by molar-refractivity contribution is 0.637. The normalized spacial score (nSPS) is 11.9. The second-order valence-corrected chi connectivity index (χ2v) is 2.81. The van der Waals surface area contributed by atoms with Gasteiger partial charge in [0.1, 0.15) is 0 Å². The molecule has 0 saturated carbocycles. The number of allylic oxidation sites excluding steroid dienone is 3. The van der Waals surface area contributed by atoms with Crippen LogP contribution >= 0.6 is 0 Å². The van der Waals surface area contributed by atoms with Crippen molar-refractivity contribution in [2.45, 2.75) is 45.4 Å². The molecule has 0 rings (SSSR count). The molecule has 0 aromatic rings. The van der Waals surface area contributed by atoms with Crippen molar-refractivity contribution in [3.8, 4) is 0 Å². The first kappa shape index (κ1) is 8.58. The van der Waals surface area contributed by atoms with Crippen molar-refractivity contribution < 1.29 is 1.37 Å². The minimum absolute atomic E-state index is 0.406. The van der Waals surface area contributed by atoms with Crippen molar-refractivity contribution >= 4 is 0 Å². The van der Waals surface area contributed by atoms with Gasteiger partial charge >= 0.3 is 0 Å². The van der Waals surface area contributed by atoms with Crippen molar-refractivity contribution in [2.24, 2.45) is 0 Å². The molecule has 0 aliphatic rings. The monoisotopic (exact) mass is 153 g/mol. The van der Waals surface area contributed by atoms with E-state index < -0.39 is 0 Å². The highest BCUT2D eigenvalue weighted by Crippen LogP contribution is 2.04. The van der Waals surface area contributed by atoms with Crippen molar-refractivity contribution in [1.29, 1.82) is 0 Å². The molecule has 0 saturated heterocycles. The molecule has 0 fully saturated rings. The minimum Gasteiger partial charge on any atom is -0.0991 e. The van der Waals surface area contributed by atoms with Crippen molar-refractivity contribution in [1.82, 2.24) is 0 Å². The van der Waals surface area contributed by atoms with Crippen LogP contribution in [0.3, 0.4) is 0 Å². The molecule has 0 radical (unpaired) electrons. The van der Waals surface area contributed by atoms with E-state index in [0.29, 0.717) is 6.05 Å². The van der Waals surface area contributed by atoms with Crippen LogP contribution in [0.1, 0.15) is 46.8 Å². The molecule has 0 N–H and O–H groups in total. The first-order valence-electron chi connectivity index (χ1n) is 5.09. The van der Waals surface area contributed by atoms with Gasteiger partial charge in [0.2, 0.25) is 0 Å². The maximum Gasteiger partial charge on any atom is 0.0616 e. The molecule has 64 valence electrons. The standard InChI is InChI=1S/C11H20/c1-3-5-7-9-11-10-8-6-4-2/h3,5,7H,1,4,6,8-11H2,2H3/b7-5+/i3D. The molecular weight excluding hydrogens is 132 g/mol. The van der Waals surface area contributed by atoms with Gasteiger partial charge in [-0.1, -0.05) is 57.4 Å². The average Bonchev–Trinajstić information content (AvgIpc) is 2.02. The van der Waals surface area contributed by atoms with E-state index in [1.54, 1.807) is 6.08 Å². The summed E-state index contributed by atoms with van der Waals surface area (Å²) in [5.41, 5.74) is 0. The maximum atomic E-state index is 7.04. The van der Waals surface area contributed by atoms with Crippen LogP contribution in [0.25, 0.3) is 0 Å². The van der Waals surface area contributed by atoms with Crippen molar-refractivity contribution in [3.63, 3.8) is 0 Å². The van der Waals surface area contributed by atoms with Crippen LogP contribution in [0, 0.1) is 0 Å². The molecule has 0 unspecified atom stereocenters. The largest absolute Gasteiger partial charge is 0.0991 e. The van der Waals surface area contributed by atoms with Crippen LogP contribution in [0.5, 0.6) is 0 Å². The van der Waals surface area contributed by atoms with Crippen LogP contribution in [-0.2, 0) is 0 Å². The molecule has 0 bridgehead atoms. The Bertz CT molecular complexity index is 136. The van der Waals surface area contributed by atoms with E-state index in [4.69, 9.17) is 1.37 Å². The number of unbranched alkanes of at least 4 members (excludes halogenated alkanes) is 5. The first-order chi connectivity index (χ1) is 5.77. The second-order valence-electron chi connectivity index (χ2n) is 2.81. The summed E-state index contributed by atoms with van der Waals surface area (Å²) < 4.78 is 7.04. The highest BCUT2D eigenvalue weighted by atomic mass is 13.9. The van der Waals surface area contributed by atoms with E-state index in [1.165, 1.54) is 32.1 Å². The lowest BCUT2D eigenvalue weighted by Crippen LogP contribution is -1.75. The third-order valence-corrected chi connectivity index (χ3v) is 1.71. The van der Waals surface area contributed by atoms with Gasteiger partial charge in [0, 0.05) is 0 Å². The Balaban J connectivity index is 3.05. The Hall–Kier alpha value is -0.520. The maximum absolute atomic E-state index is 7.04. The van der Waals surface area contributed by atoms with Gasteiger partial charge in [-0.05, 0) is 12.8 Å². The lowest BCUT2D eigenvalue weighted by Gasteiger charge is -1.95. The van der Waals surface area contributed by atoms with E-state index in [1.807, 2.05) is 6.08 Å². The Morgan fingerprint density at radius 3 is 2.64 bits per heavy atom. The Kier molecular flexibility index (Phi) is 7.39. The van der Waals surface area contributed by atoms with Gasteiger partial charge in [-0.2, -0.15) is 0 Å². The third-order valence-electron chi connectivity index (χ3n) is 1.71. The summed E-state index contributed by atoms with van der Waals surface area (Å²) in [6.07, 6.45) is 11.5. The SMILES string of the molecule is [2H]C(=C)/C=C/CCCCCCC. The molecule has 0 aliphatic carbocycles. The molecule has 0 aromatic heterocycles. The summed E-state index contributed by atoms with van der Waals surface area (Å²) >= 11 is 0. The van der Waals surface area contributed by atoms with Crippen molar-refractivity contribution in [3.05, 3.63) is 24.8 Å². The summed E-state index contributed by atoms with van der Waals surface area (Å²) in [5, 5.41) is 0. The average molecular weight is 153 g/mol. The zero-order valence-corrected chi connectivity index (χ0v) is 7.60. The minimum atomic E-state index is 0.406. The topological polar surface area (TPSA) is 0 Å². The van der Waals surface area contributed by atoms with Crippen LogP contribution in [-0.4, -0.2) is 0 Å². The van der Waals surface area contributed by atoms with Gasteiger partial charge in [-0.3, -0.25) is 0 Å². The molecule has 0 heteroatoms. The van der Waals surface area contributed by atoms with Gasteiger partial charge < -0.3 is 0 Å². The predicted octanol–water partition coefficient (Wildman–Crippen LogP) is 4.09. The fourth-order valence-corrected chi connectivity index (χ4v) is 1.03. The molecule has 0 aromatic carbocycles. The number of rotatable bonds is 7. The molecule has 0 nitrogen and oxygen atoms in total. The molecule has 0 spiro atoms. The van der Waals surface area contributed by atoms with Crippen molar-refractivity contribution in [2.75, 3.05) is 0 Å². The molecule has 0 heterocycles. The van der Waals surface area contributed by atoms with Gasteiger partial charge in [-0.15, -0.1) is 0 Å². The summed E-state index contributed by atoms with van der Waals surface area (Å²) in [5.74, 6) is 0. The van der Waals surface area contributed by atoms with Gasteiger partial charge in [-0.25, -0.2) is 0 Å². The van der Waals surface area contributed by atoms with Gasteiger partial charge in [0.25, 0.3) is 0 Å². The zero-order valence-electron chi connectivity index (χ0n) is 8.60. The van der Waals surface area contributed by atoms with Crippen LogP contribution < -0.4 is 0 Å². The molecule has 0 amide bonds. The van der Waals surface area contributed by atoms with E-state index in [0.717, 1.165) is 6.42 Å². The molecular formula is C11H20. The molecule has 0 aliphatic heterocycles. The van der Waals surface area contributed by atoms with Crippen LogP contribution in [0.15, 0.2) is 24.8 Å².